The van der Waals surface area contributed by atoms with E-state index in [1.165, 1.54) is 45.9 Å². The smallest absolute Gasteiger partial charge is 0.333 e. The van der Waals surface area contributed by atoms with E-state index in [0.29, 0.717) is 51.4 Å². The van der Waals surface area contributed by atoms with E-state index < -0.39 is 293 Å². The van der Waals surface area contributed by atoms with Crippen molar-refractivity contribution in [1.82, 2.24) is 0 Å². The van der Waals surface area contributed by atoms with Crippen molar-refractivity contribution in [2.24, 2.45) is 50.2 Å². The molecule has 712 valence electrons. The number of aliphatic hydroxyl groups is 18. The molecule has 12 aliphatic rings. The van der Waals surface area contributed by atoms with Gasteiger partial charge < -0.3 is 168 Å². The Balaban J connectivity index is 0.807. The first-order chi connectivity index (χ1) is 58.5. The Bertz CT molecular complexity index is 3800. The van der Waals surface area contributed by atoms with E-state index in [1.54, 1.807) is 13.0 Å². The molecule has 0 spiro atoms. The highest BCUT2D eigenvalue weighted by Crippen LogP contribution is 2.76. The lowest BCUT2D eigenvalue weighted by molar-refractivity contribution is -0.379. The van der Waals surface area contributed by atoms with Crippen LogP contribution in [0, 0.1) is 50.2 Å². The van der Waals surface area contributed by atoms with Crippen molar-refractivity contribution < 1.29 is 182 Å². The van der Waals surface area contributed by atoms with Gasteiger partial charge in [0.25, 0.3) is 0 Å². The maximum absolute atomic E-state index is 16.5. The highest BCUT2D eigenvalue weighted by Gasteiger charge is 2.71. The molecule has 0 aromatic carbocycles. The summed E-state index contributed by atoms with van der Waals surface area (Å²) >= 11 is 0. The summed E-state index contributed by atoms with van der Waals surface area (Å²) < 4.78 is 97.5. The van der Waals surface area contributed by atoms with Crippen molar-refractivity contribution >= 4 is 17.9 Å². The van der Waals surface area contributed by atoms with Gasteiger partial charge in [0.15, 0.2) is 49.9 Å². The number of rotatable bonds is 28. The molecule has 37 heteroatoms. The Kier molecular flexibility index (Phi) is 31.3. The topological polar surface area (TPSA) is 563 Å². The predicted octanol–water partition coefficient (Wildman–Crippen LogP) is -0.550. The molecule has 5 aliphatic carbocycles. The average Bonchev–Trinajstić information content (AvgIpc) is 0.673. The molecule has 0 bridgehead atoms. The first kappa shape index (κ1) is 99.9. The lowest BCUT2D eigenvalue weighted by Crippen LogP contribution is -2.67. The molecule has 12 rings (SSSR count). The first-order valence-corrected chi connectivity index (χ1v) is 44.1. The fraction of sp³-hybridized carbons (Fsp3) is 0.852. The van der Waals surface area contributed by atoms with E-state index in [9.17, 15) is 102 Å². The summed E-state index contributed by atoms with van der Waals surface area (Å²) in [5, 5.41) is 199. The third-order valence-corrected chi connectivity index (χ3v) is 30.3. The zero-order valence-electron chi connectivity index (χ0n) is 73.5. The monoisotopic (exact) mass is 1790 g/mol. The van der Waals surface area contributed by atoms with Crippen LogP contribution in [0.2, 0.25) is 0 Å². The van der Waals surface area contributed by atoms with Gasteiger partial charge in [-0.05, 0) is 169 Å². The molecule has 0 aromatic rings. The van der Waals surface area contributed by atoms with Crippen molar-refractivity contribution in [3.63, 3.8) is 0 Å². The van der Waals surface area contributed by atoms with Crippen LogP contribution < -0.4 is 0 Å². The van der Waals surface area contributed by atoms with E-state index in [0.717, 1.165) is 18.4 Å². The van der Waals surface area contributed by atoms with Gasteiger partial charge in [0.05, 0.1) is 61.9 Å². The number of hydrogen-bond acceptors (Lipinski definition) is 37. The van der Waals surface area contributed by atoms with Gasteiger partial charge in [0.1, 0.15) is 135 Å². The zero-order chi connectivity index (χ0) is 91.7. The SMILES string of the molecule is C=C[C@@](C)(O)CC/C=C(\C)C(=O)OC[C@@H]1O[C@H](OC(=O)[C@@]23CCC(C)(C)C[C@H]2C2=CC[C@H]4[C@]5(C)CC[C@H](O[C@H]6O[C@@H](CO[C@H]7OC[C@H](O)[C@@H](O)[C@@H]7O[C@H]7OC[C@H](O)[C@@H](O)[C@@H]7O)[C@H](O)[C@@H](O)[C@@H]6O)C(C)(C)[C@H]5CC[C@@]4(C)[C@]2(C)CC3)[C@@H](O[C@H]2O[C@@H](C)[C@H](O[C@H]3OC[C@H](O)[C@@H](O[C@H]4OC[C@H](O)[C@@H](O)[C@@H]4O)[C@@H]3O)[C@@H](O)[C@@H]2O)[C@H](OC(=O)/C(C)=C/CC[C@](C)(O)C=C)[C@H]1O. The Morgan fingerprint density at radius 3 is 1.59 bits per heavy atom. The van der Waals surface area contributed by atoms with Crippen LogP contribution in [-0.4, -0.2) is 357 Å². The number of esters is 3. The summed E-state index contributed by atoms with van der Waals surface area (Å²) in [7, 11) is 0. The van der Waals surface area contributed by atoms with Gasteiger partial charge in [-0.15, -0.1) is 13.2 Å². The predicted molar refractivity (Wildman–Crippen MR) is 431 cm³/mol. The Labute approximate surface area is 728 Å². The largest absolute Gasteiger partial charge is 0.459 e. The van der Waals surface area contributed by atoms with Gasteiger partial charge >= 0.3 is 17.9 Å². The van der Waals surface area contributed by atoms with Crippen LogP contribution in [0.15, 0.2) is 60.3 Å². The van der Waals surface area contributed by atoms with Gasteiger partial charge in [-0.3, -0.25) is 4.79 Å². The molecule has 125 heavy (non-hydrogen) atoms. The molecular formula is C88H138O37. The fourth-order valence-electron chi connectivity index (χ4n) is 21.8. The average molecular weight is 1790 g/mol. The molecule has 37 nitrogen and oxygen atoms in total. The molecule has 0 aromatic heterocycles. The second-order valence-corrected chi connectivity index (χ2v) is 39.7. The highest BCUT2D eigenvalue weighted by atomic mass is 16.8. The fourth-order valence-corrected chi connectivity index (χ4v) is 21.8. The van der Waals surface area contributed by atoms with Crippen molar-refractivity contribution in [1.29, 1.82) is 0 Å². The van der Waals surface area contributed by atoms with Gasteiger partial charge in [-0.2, -0.15) is 0 Å². The summed E-state index contributed by atoms with van der Waals surface area (Å²) in [6, 6.07) is 0. The van der Waals surface area contributed by atoms with E-state index in [2.05, 4.69) is 67.7 Å². The summed E-state index contributed by atoms with van der Waals surface area (Å²) in [6.07, 6.45) is -39.6. The van der Waals surface area contributed by atoms with Crippen molar-refractivity contribution in [2.45, 2.75) is 381 Å². The van der Waals surface area contributed by atoms with E-state index in [4.69, 9.17) is 75.8 Å². The van der Waals surface area contributed by atoms with Crippen LogP contribution in [0.3, 0.4) is 0 Å². The minimum Gasteiger partial charge on any atom is -0.459 e. The van der Waals surface area contributed by atoms with Crippen molar-refractivity contribution in [2.75, 3.05) is 39.6 Å². The summed E-state index contributed by atoms with van der Waals surface area (Å²) in [5.74, 6) is -3.05. The normalized spacial score (nSPS) is 47.4. The molecule has 18 N–H and O–H groups in total. The maximum Gasteiger partial charge on any atom is 0.333 e. The Morgan fingerprint density at radius 1 is 0.480 bits per heavy atom. The van der Waals surface area contributed by atoms with E-state index in [1.807, 2.05) is 0 Å². The van der Waals surface area contributed by atoms with Crippen LogP contribution in [0.5, 0.6) is 0 Å². The molecule has 0 unspecified atom stereocenters. The number of hydrogen-bond donors (Lipinski definition) is 18. The van der Waals surface area contributed by atoms with Crippen LogP contribution in [0.1, 0.15) is 173 Å². The molecule has 41 atom stereocenters. The second kappa shape index (κ2) is 39.2. The van der Waals surface area contributed by atoms with Crippen LogP contribution in [0.25, 0.3) is 0 Å². The standard InChI is InChI=1S/C88H138O37/c1-15-83(10,108)25-17-19-40(3)71(105)110-38-50-58(97)68(120-72(106)41(4)20-18-26-84(11,109)16-2)70(124-76-64(103)60(99)66(42(5)116-76)121-75-65(104)67(48(92)37-113-75)122-73-61(100)54(93)45(89)34-111-73)79(118-50)125-80(107)88-31-29-81(6,7)33-44(88)43-21-22-52-85(12)27-24-53(82(8,9)51(85)23-28-87(52,14)86(43,13)30-32-88)119-77-63(102)59(98)57(96)49(117-77)39-115-78-69(56(95)47(91)36-114-78)123-74-62(101)55(94)46(90)35-112-74/h15-16,19-21,42,44-70,73-79,89-104,108-109H,1-2,17-18,22-39H2,3-14H3/b40-19+,41-20+/t42-,44-,45-,46-,47-,48-,49-,50-,51+,52-,53-,54+,55+,56+,57-,58-,59+,60-,61-,62-,63-,64-,65-,66-,67+,68+,69-,70-,73+,74+,75+,76+,77+,78+,79+,83+,84+,85+,86+,87+,88+/m0/s1. The lowest BCUT2D eigenvalue weighted by Gasteiger charge is -2.71. The molecule has 7 aliphatic heterocycles. The highest BCUT2D eigenvalue weighted by molar-refractivity contribution is 5.88. The van der Waals surface area contributed by atoms with E-state index in [-0.39, 0.29) is 59.5 Å². The third kappa shape index (κ3) is 20.2. The van der Waals surface area contributed by atoms with Gasteiger partial charge in [-0.1, -0.05) is 84.4 Å². The van der Waals surface area contributed by atoms with Gasteiger partial charge in [0.2, 0.25) is 6.29 Å². The minimum atomic E-state index is -2.15. The minimum absolute atomic E-state index is 0.00231. The van der Waals surface area contributed by atoms with Crippen molar-refractivity contribution in [3.05, 3.63) is 60.3 Å². The number of allylic oxidation sites excluding steroid dienone is 4. The molecule has 7 saturated heterocycles. The molecule has 0 radical (unpaired) electrons. The Morgan fingerprint density at radius 2 is 0.984 bits per heavy atom. The van der Waals surface area contributed by atoms with Gasteiger partial charge in [-0.25, -0.2) is 9.59 Å². The lowest BCUT2D eigenvalue weighted by atomic mass is 9.33. The number of fused-ring (bicyclic) bond motifs is 7. The Hall–Kier alpha value is -4.13. The number of carbonyl (C=O) groups excluding carboxylic acids is 3. The quantitative estimate of drug-likeness (QED) is 0.0154. The summed E-state index contributed by atoms with van der Waals surface area (Å²) in [6.45, 7) is 27.2. The summed E-state index contributed by atoms with van der Waals surface area (Å²) in [4.78, 5) is 45.2. The third-order valence-electron chi connectivity index (χ3n) is 30.3. The molecular weight excluding hydrogens is 1650 g/mol. The van der Waals surface area contributed by atoms with E-state index >= 15 is 4.79 Å². The maximum atomic E-state index is 16.5. The number of ether oxygens (including phenoxy) is 16. The van der Waals surface area contributed by atoms with Crippen molar-refractivity contribution in [3.8, 4) is 0 Å². The molecule has 7 heterocycles. The molecule has 11 fully saturated rings. The summed E-state index contributed by atoms with van der Waals surface area (Å²) in [5.41, 5.74) is -4.94. The second-order valence-electron chi connectivity index (χ2n) is 39.7. The number of aliphatic hydroxyl groups excluding tert-OH is 16. The first-order valence-electron chi connectivity index (χ1n) is 44.1. The zero-order valence-corrected chi connectivity index (χ0v) is 73.5. The molecule has 4 saturated carbocycles. The van der Waals surface area contributed by atoms with Crippen LogP contribution >= 0.6 is 0 Å². The van der Waals surface area contributed by atoms with Crippen LogP contribution in [0.4, 0.5) is 0 Å². The number of carbonyl (C=O) groups is 3. The molecule has 0 amide bonds. The van der Waals surface area contributed by atoms with Gasteiger partial charge in [0, 0.05) is 11.1 Å². The van der Waals surface area contributed by atoms with Crippen LogP contribution in [-0.2, 0) is 90.2 Å².